The molecule has 0 fully saturated rings. The fourth-order valence-electron chi connectivity index (χ4n) is 2.29. The Morgan fingerprint density at radius 1 is 1.19 bits per heavy atom. The van der Waals surface area contributed by atoms with Gasteiger partial charge < -0.3 is 5.32 Å². The van der Waals surface area contributed by atoms with Crippen LogP contribution in [-0.4, -0.2) is 6.54 Å². The smallest absolute Gasteiger partial charge is 0.124 e. The van der Waals surface area contributed by atoms with Crippen LogP contribution in [0.2, 0.25) is 10.0 Å². The third kappa shape index (κ3) is 4.68. The van der Waals surface area contributed by atoms with Crippen LogP contribution >= 0.6 is 39.1 Å². The molecule has 0 aliphatic rings. The Kier molecular flexibility index (Phi) is 6.06. The highest BCUT2D eigenvalue weighted by Gasteiger charge is 2.15. The van der Waals surface area contributed by atoms with Crippen molar-refractivity contribution >= 4 is 39.1 Å². The second-order valence-corrected chi connectivity index (χ2v) is 6.52. The molecule has 2 aromatic carbocycles. The molecule has 1 unspecified atom stereocenters. The summed E-state index contributed by atoms with van der Waals surface area (Å²) in [7, 11) is 0. The van der Waals surface area contributed by atoms with Gasteiger partial charge in [-0.15, -0.1) is 0 Å². The van der Waals surface area contributed by atoms with Gasteiger partial charge in [-0.25, -0.2) is 4.39 Å². The van der Waals surface area contributed by atoms with Gasteiger partial charge in [-0.2, -0.15) is 0 Å². The second kappa shape index (κ2) is 7.59. The highest BCUT2D eigenvalue weighted by molar-refractivity contribution is 9.10. The molecule has 2 rings (SSSR count). The molecule has 0 aliphatic carbocycles. The summed E-state index contributed by atoms with van der Waals surface area (Å²) in [5.41, 5.74) is 1.86. The van der Waals surface area contributed by atoms with Crippen molar-refractivity contribution in [2.45, 2.75) is 19.4 Å². The Morgan fingerprint density at radius 2 is 1.95 bits per heavy atom. The van der Waals surface area contributed by atoms with Gasteiger partial charge in [0.2, 0.25) is 0 Å². The molecule has 2 aromatic rings. The highest BCUT2D eigenvalue weighted by Crippen LogP contribution is 2.29. The summed E-state index contributed by atoms with van der Waals surface area (Å²) in [6, 6.07) is 10.4. The number of benzene rings is 2. The summed E-state index contributed by atoms with van der Waals surface area (Å²) in [4.78, 5) is 0. The van der Waals surface area contributed by atoms with Crippen LogP contribution < -0.4 is 5.32 Å². The van der Waals surface area contributed by atoms with Crippen LogP contribution in [0.5, 0.6) is 0 Å². The quantitative estimate of drug-likeness (QED) is 0.681. The molecule has 21 heavy (non-hydrogen) atoms. The molecule has 0 saturated carbocycles. The fraction of sp³-hybridized carbons (Fsp3) is 0.250. The number of halogens is 4. The summed E-state index contributed by atoms with van der Waals surface area (Å²) in [6.07, 6.45) is 0.644. The van der Waals surface area contributed by atoms with Gasteiger partial charge in [-0.3, -0.25) is 0 Å². The average Bonchev–Trinajstić information content (AvgIpc) is 2.37. The first-order valence-corrected chi connectivity index (χ1v) is 8.17. The Labute approximate surface area is 142 Å². The molecule has 0 bridgehead atoms. The molecular formula is C16H15BrCl2FN. The maximum absolute atomic E-state index is 13.5. The fourth-order valence-corrected chi connectivity index (χ4v) is 3.34. The third-order valence-electron chi connectivity index (χ3n) is 3.15. The summed E-state index contributed by atoms with van der Waals surface area (Å²) < 4.78 is 14.2. The SMILES string of the molecule is CCNC(Cc1cc(F)cc(Br)c1)c1ccc(Cl)cc1Cl. The van der Waals surface area contributed by atoms with E-state index in [1.807, 2.05) is 25.1 Å². The second-order valence-electron chi connectivity index (χ2n) is 4.76. The van der Waals surface area contributed by atoms with Crippen molar-refractivity contribution in [2.75, 3.05) is 6.54 Å². The zero-order valence-electron chi connectivity index (χ0n) is 11.5. The van der Waals surface area contributed by atoms with Crippen LogP contribution in [0.25, 0.3) is 0 Å². The molecule has 0 aromatic heterocycles. The van der Waals surface area contributed by atoms with Gasteiger partial charge in [0.05, 0.1) is 0 Å². The number of likely N-dealkylation sites (N-methyl/N-ethyl adjacent to an activating group) is 1. The molecular weight excluding hydrogens is 376 g/mol. The number of hydrogen-bond donors (Lipinski definition) is 1. The van der Waals surface area contributed by atoms with E-state index < -0.39 is 0 Å². The first-order valence-electron chi connectivity index (χ1n) is 6.63. The first-order chi connectivity index (χ1) is 9.99. The van der Waals surface area contributed by atoms with Crippen molar-refractivity contribution in [1.82, 2.24) is 5.32 Å². The minimum atomic E-state index is -0.253. The molecule has 0 spiro atoms. The van der Waals surface area contributed by atoms with Crippen molar-refractivity contribution < 1.29 is 4.39 Å². The van der Waals surface area contributed by atoms with Crippen LogP contribution in [0.15, 0.2) is 40.9 Å². The van der Waals surface area contributed by atoms with E-state index in [4.69, 9.17) is 23.2 Å². The van der Waals surface area contributed by atoms with E-state index in [9.17, 15) is 4.39 Å². The summed E-state index contributed by atoms with van der Waals surface area (Å²) in [5.74, 6) is -0.253. The van der Waals surface area contributed by atoms with Gasteiger partial charge in [-0.05, 0) is 54.4 Å². The summed E-state index contributed by atoms with van der Waals surface area (Å²) in [5, 5.41) is 4.60. The minimum absolute atomic E-state index is 0.00784. The molecule has 1 atom stereocenters. The van der Waals surface area contributed by atoms with Gasteiger partial charge in [0.15, 0.2) is 0 Å². The molecule has 5 heteroatoms. The topological polar surface area (TPSA) is 12.0 Å². The summed E-state index contributed by atoms with van der Waals surface area (Å²) in [6.45, 7) is 2.82. The average molecular weight is 391 g/mol. The normalized spacial score (nSPS) is 12.4. The Bertz CT molecular complexity index is 613. The van der Waals surface area contributed by atoms with Crippen LogP contribution in [0.4, 0.5) is 4.39 Å². The van der Waals surface area contributed by atoms with Crippen molar-refractivity contribution in [3.05, 3.63) is 67.9 Å². The molecule has 0 heterocycles. The predicted octanol–water partition coefficient (Wildman–Crippen LogP) is 5.79. The van der Waals surface area contributed by atoms with Crippen molar-refractivity contribution in [2.24, 2.45) is 0 Å². The van der Waals surface area contributed by atoms with Crippen LogP contribution in [-0.2, 0) is 6.42 Å². The van der Waals surface area contributed by atoms with E-state index in [-0.39, 0.29) is 11.9 Å². The Balaban J connectivity index is 2.30. The van der Waals surface area contributed by atoms with Crippen LogP contribution in [0.3, 0.4) is 0 Å². The number of nitrogens with one attached hydrogen (secondary N) is 1. The molecule has 1 N–H and O–H groups in total. The molecule has 0 radical (unpaired) electrons. The molecule has 112 valence electrons. The van der Waals surface area contributed by atoms with Gasteiger partial charge >= 0.3 is 0 Å². The highest BCUT2D eigenvalue weighted by atomic mass is 79.9. The maximum atomic E-state index is 13.5. The van der Waals surface area contributed by atoms with Crippen molar-refractivity contribution in [3.8, 4) is 0 Å². The van der Waals surface area contributed by atoms with E-state index in [1.54, 1.807) is 12.1 Å². The Morgan fingerprint density at radius 3 is 2.57 bits per heavy atom. The Hall–Kier alpha value is -0.610. The summed E-state index contributed by atoms with van der Waals surface area (Å²) >= 11 is 15.5. The largest absolute Gasteiger partial charge is 0.310 e. The van der Waals surface area contributed by atoms with E-state index in [0.717, 1.165) is 22.1 Å². The van der Waals surface area contributed by atoms with E-state index in [0.29, 0.717) is 16.5 Å². The minimum Gasteiger partial charge on any atom is -0.310 e. The third-order valence-corrected chi connectivity index (χ3v) is 4.17. The zero-order valence-corrected chi connectivity index (χ0v) is 14.6. The van der Waals surface area contributed by atoms with E-state index in [2.05, 4.69) is 21.2 Å². The van der Waals surface area contributed by atoms with E-state index >= 15 is 0 Å². The van der Waals surface area contributed by atoms with Gasteiger partial charge in [0.25, 0.3) is 0 Å². The monoisotopic (exact) mass is 389 g/mol. The predicted molar refractivity (Wildman–Crippen MR) is 90.7 cm³/mol. The molecule has 0 aliphatic heterocycles. The lowest BCUT2D eigenvalue weighted by atomic mass is 9.98. The standard InChI is InChI=1S/C16H15BrCl2FN/c1-2-21-16(14-4-3-12(18)9-15(14)19)7-10-5-11(17)8-13(20)6-10/h3-6,8-9,16,21H,2,7H2,1H3. The zero-order chi connectivity index (χ0) is 15.4. The van der Waals surface area contributed by atoms with Crippen LogP contribution in [0.1, 0.15) is 24.1 Å². The van der Waals surface area contributed by atoms with Gasteiger partial charge in [0, 0.05) is 20.6 Å². The maximum Gasteiger partial charge on any atom is 0.124 e. The number of hydrogen-bond acceptors (Lipinski definition) is 1. The van der Waals surface area contributed by atoms with Crippen LogP contribution in [0, 0.1) is 5.82 Å². The molecule has 0 amide bonds. The molecule has 0 saturated heterocycles. The number of rotatable bonds is 5. The first kappa shape index (κ1) is 16.8. The van der Waals surface area contributed by atoms with Gasteiger partial charge in [0.1, 0.15) is 5.82 Å². The lowest BCUT2D eigenvalue weighted by Gasteiger charge is -2.20. The van der Waals surface area contributed by atoms with E-state index in [1.165, 1.54) is 6.07 Å². The van der Waals surface area contributed by atoms with Crippen molar-refractivity contribution in [3.63, 3.8) is 0 Å². The van der Waals surface area contributed by atoms with Gasteiger partial charge in [-0.1, -0.05) is 52.1 Å². The lowest BCUT2D eigenvalue weighted by molar-refractivity contribution is 0.546. The lowest BCUT2D eigenvalue weighted by Crippen LogP contribution is -2.23. The molecule has 1 nitrogen and oxygen atoms in total. The van der Waals surface area contributed by atoms with Crippen molar-refractivity contribution in [1.29, 1.82) is 0 Å².